The van der Waals surface area contributed by atoms with Crippen LogP contribution in [0.4, 0.5) is 5.13 Å². The number of carbonyl (C=O) groups excluding carboxylic acids is 2. The summed E-state index contributed by atoms with van der Waals surface area (Å²) in [6, 6.07) is 22.6. The van der Waals surface area contributed by atoms with Crippen molar-refractivity contribution in [2.75, 3.05) is 11.5 Å². The molecule has 198 valence electrons. The van der Waals surface area contributed by atoms with Crippen molar-refractivity contribution in [1.29, 1.82) is 0 Å². The molecule has 1 aromatic heterocycles. The average Bonchev–Trinajstić information content (AvgIpc) is 3.53. The molecular formula is C29H24ClN3O4S2. The molecule has 0 spiro atoms. The zero-order valence-corrected chi connectivity index (χ0v) is 23.3. The predicted octanol–water partition coefficient (Wildman–Crippen LogP) is 6.90. The summed E-state index contributed by atoms with van der Waals surface area (Å²) in [5, 5.41) is 20.6. The molecule has 0 saturated carbocycles. The van der Waals surface area contributed by atoms with E-state index in [9.17, 15) is 14.7 Å². The first kappa shape index (κ1) is 26.9. The lowest BCUT2D eigenvalue weighted by Crippen LogP contribution is -2.29. The minimum absolute atomic E-state index is 0.0383. The molecule has 2 heterocycles. The van der Waals surface area contributed by atoms with Crippen molar-refractivity contribution >= 4 is 57.3 Å². The number of rotatable bonds is 9. The lowest BCUT2D eigenvalue weighted by Gasteiger charge is -2.23. The summed E-state index contributed by atoms with van der Waals surface area (Å²) >= 11 is 8.75. The quantitative estimate of drug-likeness (QED) is 0.0760. The Balaban J connectivity index is 1.56. The standard InChI is InChI=1S/C29H24ClN3O4S2/c1-2-15-37-22-10-6-9-20(16-22)24-23(25(34)19-11-13-21(30)14-12-19)26(35)27(36)33(24)28-31-32-29(39-28)38-17-18-7-4-3-5-8-18/h3-14,16,24,34H,2,15,17H2,1H3. The number of carbonyl (C=O) groups is 2. The molecular weight excluding hydrogens is 554 g/mol. The number of nitrogens with zero attached hydrogens (tertiary/aromatic N) is 3. The van der Waals surface area contributed by atoms with Crippen molar-refractivity contribution in [2.45, 2.75) is 29.5 Å². The van der Waals surface area contributed by atoms with E-state index in [1.807, 2.05) is 43.3 Å². The molecule has 4 aromatic rings. The summed E-state index contributed by atoms with van der Waals surface area (Å²) in [7, 11) is 0. The summed E-state index contributed by atoms with van der Waals surface area (Å²) in [6.45, 7) is 2.53. The molecule has 0 bridgehead atoms. The van der Waals surface area contributed by atoms with E-state index in [1.54, 1.807) is 42.5 Å². The van der Waals surface area contributed by atoms with Gasteiger partial charge in [0.15, 0.2) is 4.34 Å². The van der Waals surface area contributed by atoms with Crippen LogP contribution in [0, 0.1) is 0 Å². The molecule has 1 saturated heterocycles. The van der Waals surface area contributed by atoms with Crippen LogP contribution in [0.2, 0.25) is 5.02 Å². The van der Waals surface area contributed by atoms with Gasteiger partial charge in [0.05, 0.1) is 18.2 Å². The fraction of sp³-hybridized carbons (Fsp3) is 0.172. The fourth-order valence-electron chi connectivity index (χ4n) is 4.18. The van der Waals surface area contributed by atoms with Gasteiger partial charge in [-0.3, -0.25) is 14.5 Å². The van der Waals surface area contributed by atoms with E-state index < -0.39 is 17.7 Å². The Morgan fingerprint density at radius 1 is 1.05 bits per heavy atom. The first-order valence-electron chi connectivity index (χ1n) is 12.3. The SMILES string of the molecule is CCCOc1cccc(C2C(=C(O)c3ccc(Cl)cc3)C(=O)C(=O)N2c2nnc(SCc3ccccc3)s2)c1. The second kappa shape index (κ2) is 12.0. The number of halogens is 1. The zero-order chi connectivity index (χ0) is 27.4. The van der Waals surface area contributed by atoms with Crippen LogP contribution in [0.1, 0.15) is 36.1 Å². The van der Waals surface area contributed by atoms with E-state index in [-0.39, 0.29) is 16.5 Å². The molecule has 0 radical (unpaired) electrons. The van der Waals surface area contributed by atoms with E-state index >= 15 is 0 Å². The molecule has 1 atom stereocenters. The van der Waals surface area contributed by atoms with Crippen molar-refractivity contribution in [3.05, 3.63) is 106 Å². The maximum Gasteiger partial charge on any atom is 0.301 e. The van der Waals surface area contributed by atoms with Gasteiger partial charge in [-0.05, 0) is 53.9 Å². The predicted molar refractivity (Wildman–Crippen MR) is 154 cm³/mol. The van der Waals surface area contributed by atoms with Gasteiger partial charge in [-0.25, -0.2) is 0 Å². The Labute approximate surface area is 239 Å². The normalized spacial score (nSPS) is 16.6. The monoisotopic (exact) mass is 577 g/mol. The van der Waals surface area contributed by atoms with Crippen LogP contribution in [0.25, 0.3) is 5.76 Å². The van der Waals surface area contributed by atoms with Gasteiger partial charge in [-0.15, -0.1) is 10.2 Å². The molecule has 39 heavy (non-hydrogen) atoms. The Morgan fingerprint density at radius 3 is 2.56 bits per heavy atom. The maximum atomic E-state index is 13.4. The van der Waals surface area contributed by atoms with Crippen molar-refractivity contribution in [2.24, 2.45) is 0 Å². The molecule has 10 heteroatoms. The third-order valence-electron chi connectivity index (χ3n) is 6.02. The lowest BCUT2D eigenvalue weighted by molar-refractivity contribution is -0.132. The van der Waals surface area contributed by atoms with Crippen LogP contribution < -0.4 is 9.64 Å². The Kier molecular flexibility index (Phi) is 8.30. The number of ketones is 1. The topological polar surface area (TPSA) is 92.6 Å². The number of Topliss-reactive ketones (excluding diaryl/α,β-unsaturated/α-hetero) is 1. The summed E-state index contributed by atoms with van der Waals surface area (Å²) in [6.07, 6.45) is 0.827. The fourth-order valence-corrected chi connectivity index (χ4v) is 6.13. The first-order chi connectivity index (χ1) is 19.0. The van der Waals surface area contributed by atoms with Gasteiger partial charge >= 0.3 is 5.91 Å². The largest absolute Gasteiger partial charge is 0.507 e. The van der Waals surface area contributed by atoms with Crippen LogP contribution in [-0.2, 0) is 15.3 Å². The van der Waals surface area contributed by atoms with Crippen LogP contribution in [0.15, 0.2) is 88.8 Å². The summed E-state index contributed by atoms with van der Waals surface area (Å²) < 4.78 is 6.47. The maximum absolute atomic E-state index is 13.4. The van der Waals surface area contributed by atoms with Gasteiger partial charge in [0, 0.05) is 16.3 Å². The minimum Gasteiger partial charge on any atom is -0.507 e. The van der Waals surface area contributed by atoms with E-state index in [2.05, 4.69) is 10.2 Å². The molecule has 1 unspecified atom stereocenters. The highest BCUT2D eigenvalue weighted by atomic mass is 35.5. The third kappa shape index (κ3) is 5.85. The van der Waals surface area contributed by atoms with Gasteiger partial charge in [0.2, 0.25) is 5.13 Å². The van der Waals surface area contributed by atoms with Gasteiger partial charge in [-0.2, -0.15) is 0 Å². The van der Waals surface area contributed by atoms with Crippen LogP contribution >= 0.6 is 34.7 Å². The van der Waals surface area contributed by atoms with Crippen molar-refractivity contribution < 1.29 is 19.4 Å². The van der Waals surface area contributed by atoms with Gasteiger partial charge in [0.25, 0.3) is 5.78 Å². The number of hydrogen-bond acceptors (Lipinski definition) is 8. The number of aliphatic hydroxyl groups is 1. The molecule has 5 rings (SSSR count). The van der Waals surface area contributed by atoms with Gasteiger partial charge < -0.3 is 9.84 Å². The molecule has 7 nitrogen and oxygen atoms in total. The Morgan fingerprint density at radius 2 is 1.82 bits per heavy atom. The summed E-state index contributed by atoms with van der Waals surface area (Å²) in [5.41, 5.74) is 2.07. The highest BCUT2D eigenvalue weighted by molar-refractivity contribution is 8.00. The van der Waals surface area contributed by atoms with E-state index in [0.717, 1.165) is 12.0 Å². The van der Waals surface area contributed by atoms with E-state index in [0.29, 0.717) is 38.6 Å². The smallest absolute Gasteiger partial charge is 0.301 e. The molecule has 1 aliphatic heterocycles. The third-order valence-corrected chi connectivity index (χ3v) is 8.39. The van der Waals surface area contributed by atoms with Crippen LogP contribution in [0.3, 0.4) is 0 Å². The molecule has 1 aliphatic rings. The van der Waals surface area contributed by atoms with Crippen LogP contribution in [0.5, 0.6) is 5.75 Å². The molecule has 3 aromatic carbocycles. The second-order valence-corrected chi connectivity index (χ2v) is 11.3. The first-order valence-corrected chi connectivity index (χ1v) is 14.4. The Hall–Kier alpha value is -3.66. The number of amides is 1. The highest BCUT2D eigenvalue weighted by Gasteiger charge is 2.48. The number of hydrogen-bond donors (Lipinski definition) is 1. The minimum atomic E-state index is -0.925. The van der Waals surface area contributed by atoms with Crippen molar-refractivity contribution in [3.8, 4) is 5.75 Å². The zero-order valence-electron chi connectivity index (χ0n) is 20.9. The number of thioether (sulfide) groups is 1. The molecule has 1 amide bonds. The number of aromatic nitrogens is 2. The number of aliphatic hydroxyl groups excluding tert-OH is 1. The number of ether oxygens (including phenoxy) is 1. The van der Waals surface area contributed by atoms with Gasteiger partial charge in [-0.1, -0.05) is 84.1 Å². The number of benzene rings is 3. The van der Waals surface area contributed by atoms with E-state index in [1.165, 1.54) is 28.0 Å². The highest BCUT2D eigenvalue weighted by Crippen LogP contribution is 2.44. The summed E-state index contributed by atoms with van der Waals surface area (Å²) in [4.78, 5) is 28.2. The molecule has 0 aliphatic carbocycles. The number of anilines is 1. The van der Waals surface area contributed by atoms with Crippen molar-refractivity contribution in [1.82, 2.24) is 10.2 Å². The van der Waals surface area contributed by atoms with E-state index in [4.69, 9.17) is 16.3 Å². The van der Waals surface area contributed by atoms with Gasteiger partial charge in [0.1, 0.15) is 11.5 Å². The second-order valence-electron chi connectivity index (χ2n) is 8.72. The molecule has 1 N–H and O–H groups in total. The van der Waals surface area contributed by atoms with Crippen molar-refractivity contribution in [3.63, 3.8) is 0 Å². The Bertz CT molecular complexity index is 1520. The lowest BCUT2D eigenvalue weighted by atomic mass is 9.95. The molecule has 1 fully saturated rings. The summed E-state index contributed by atoms with van der Waals surface area (Å²) in [5.74, 6) is -0.596. The average molecular weight is 578 g/mol. The van der Waals surface area contributed by atoms with Crippen LogP contribution in [-0.4, -0.2) is 33.6 Å².